The lowest BCUT2D eigenvalue weighted by Gasteiger charge is -1.97. The maximum Gasteiger partial charge on any atom is 0.280 e. The molecule has 0 aliphatic heterocycles. The Morgan fingerprint density at radius 1 is 1.48 bits per heavy atom. The number of hydrogen-bond donors (Lipinski definition) is 0. The highest BCUT2D eigenvalue weighted by Crippen LogP contribution is 2.20. The summed E-state index contributed by atoms with van der Waals surface area (Å²) in [4.78, 5) is 22.4. The second kappa shape index (κ2) is 6.32. The first-order valence-corrected chi connectivity index (χ1v) is 6.59. The molecule has 0 amide bonds. The Morgan fingerprint density at radius 2 is 2.19 bits per heavy atom. The van der Waals surface area contributed by atoms with Crippen LogP contribution in [0.5, 0.6) is 0 Å². The van der Waals surface area contributed by atoms with Gasteiger partial charge in [-0.05, 0) is 25.1 Å². The molecule has 2 aromatic rings. The molecule has 0 saturated carbocycles. The van der Waals surface area contributed by atoms with Gasteiger partial charge in [-0.15, -0.1) is 0 Å². The summed E-state index contributed by atoms with van der Waals surface area (Å²) in [5, 5.41) is 15.5. The van der Waals surface area contributed by atoms with Crippen molar-refractivity contribution in [2.24, 2.45) is 0 Å². The number of carbonyl (C=O) groups is 1. The number of ketones is 1. The number of halogens is 1. The predicted molar refractivity (Wildman–Crippen MR) is 79.4 cm³/mol. The molecule has 1 aromatic carbocycles. The number of hydrogen-bond acceptors (Lipinski definition) is 4. The summed E-state index contributed by atoms with van der Waals surface area (Å²) >= 11 is 5.98. The minimum Gasteiger partial charge on any atom is -0.289 e. The molecule has 0 bridgehead atoms. The molecular formula is C14H12ClN3O3. The molecule has 0 unspecified atom stereocenters. The van der Waals surface area contributed by atoms with Crippen molar-refractivity contribution in [3.05, 3.63) is 62.9 Å². The van der Waals surface area contributed by atoms with Gasteiger partial charge in [-0.2, -0.15) is 5.10 Å². The average Bonchev–Trinajstić information content (AvgIpc) is 2.85. The zero-order valence-corrected chi connectivity index (χ0v) is 11.9. The molecule has 0 aliphatic carbocycles. The Hall–Kier alpha value is -2.47. The van der Waals surface area contributed by atoms with Gasteiger partial charge in [0, 0.05) is 18.8 Å². The van der Waals surface area contributed by atoms with Crippen LogP contribution in [-0.4, -0.2) is 20.5 Å². The molecule has 0 atom stereocenters. The number of rotatable bonds is 5. The molecule has 108 valence electrons. The first-order valence-electron chi connectivity index (χ1n) is 6.21. The normalized spacial score (nSPS) is 11.0. The molecule has 2 rings (SSSR count). The van der Waals surface area contributed by atoms with E-state index < -0.39 is 10.7 Å². The maximum atomic E-state index is 12.1. The minimum absolute atomic E-state index is 0.0322. The van der Waals surface area contributed by atoms with Crippen LogP contribution in [0.4, 0.5) is 5.69 Å². The SMILES string of the molecule is CCn1cc(Cl)c(/C=C/C(=O)c2ccccc2[N+](=O)[O-])n1. The molecule has 1 heterocycles. The van der Waals surface area contributed by atoms with E-state index in [1.807, 2.05) is 6.92 Å². The van der Waals surface area contributed by atoms with Crippen molar-refractivity contribution in [2.45, 2.75) is 13.5 Å². The van der Waals surface area contributed by atoms with Gasteiger partial charge in [0.15, 0.2) is 5.78 Å². The Kier molecular flexibility index (Phi) is 4.49. The Morgan fingerprint density at radius 3 is 2.81 bits per heavy atom. The smallest absolute Gasteiger partial charge is 0.280 e. The van der Waals surface area contributed by atoms with Gasteiger partial charge in [0.05, 0.1) is 15.5 Å². The predicted octanol–water partition coefficient (Wildman–Crippen LogP) is 3.36. The van der Waals surface area contributed by atoms with Gasteiger partial charge in [0.1, 0.15) is 5.69 Å². The monoisotopic (exact) mass is 305 g/mol. The second-order valence-corrected chi connectivity index (χ2v) is 4.60. The fraction of sp³-hybridized carbons (Fsp3) is 0.143. The summed E-state index contributed by atoms with van der Waals surface area (Å²) in [6, 6.07) is 5.79. The lowest BCUT2D eigenvalue weighted by molar-refractivity contribution is -0.385. The number of nitrogens with zero attached hydrogens (tertiary/aromatic N) is 3. The van der Waals surface area contributed by atoms with Crippen LogP contribution in [-0.2, 0) is 6.54 Å². The number of nitro groups is 1. The van der Waals surface area contributed by atoms with Crippen molar-refractivity contribution in [3.8, 4) is 0 Å². The fourth-order valence-electron chi connectivity index (χ4n) is 1.77. The van der Waals surface area contributed by atoms with Gasteiger partial charge in [0.2, 0.25) is 0 Å². The summed E-state index contributed by atoms with van der Waals surface area (Å²) < 4.78 is 1.64. The van der Waals surface area contributed by atoms with Gasteiger partial charge in [0.25, 0.3) is 5.69 Å². The number of aromatic nitrogens is 2. The zero-order chi connectivity index (χ0) is 15.4. The standard InChI is InChI=1S/C14H12ClN3O3/c1-2-17-9-11(15)12(16-17)7-8-14(19)10-5-3-4-6-13(10)18(20)21/h3-9H,2H2,1H3/b8-7+. The molecule has 0 aliphatic rings. The van der Waals surface area contributed by atoms with Gasteiger partial charge in [-0.3, -0.25) is 19.6 Å². The number of allylic oxidation sites excluding steroid dienone is 1. The molecule has 0 N–H and O–H groups in total. The average molecular weight is 306 g/mol. The molecule has 7 heteroatoms. The summed E-state index contributed by atoms with van der Waals surface area (Å²) in [5.74, 6) is -0.468. The van der Waals surface area contributed by atoms with E-state index in [9.17, 15) is 14.9 Å². The third kappa shape index (κ3) is 3.35. The molecule has 0 spiro atoms. The van der Waals surface area contributed by atoms with Gasteiger partial charge in [-0.1, -0.05) is 23.7 Å². The van der Waals surface area contributed by atoms with Gasteiger partial charge in [-0.25, -0.2) is 0 Å². The van der Waals surface area contributed by atoms with E-state index in [4.69, 9.17) is 11.6 Å². The largest absolute Gasteiger partial charge is 0.289 e. The number of carbonyl (C=O) groups excluding carboxylic acids is 1. The van der Waals surface area contributed by atoms with Gasteiger partial charge < -0.3 is 0 Å². The van der Waals surface area contributed by atoms with E-state index in [0.717, 1.165) is 0 Å². The topological polar surface area (TPSA) is 78.0 Å². The Labute approximate surface area is 125 Å². The van der Waals surface area contributed by atoms with Crippen LogP contribution < -0.4 is 0 Å². The van der Waals surface area contributed by atoms with Crippen LogP contribution in [0.2, 0.25) is 5.02 Å². The van der Waals surface area contributed by atoms with Crippen LogP contribution in [0.25, 0.3) is 6.08 Å². The van der Waals surface area contributed by atoms with E-state index in [1.165, 1.54) is 30.4 Å². The highest BCUT2D eigenvalue weighted by atomic mass is 35.5. The lowest BCUT2D eigenvalue weighted by Crippen LogP contribution is -2.00. The molecule has 21 heavy (non-hydrogen) atoms. The third-order valence-electron chi connectivity index (χ3n) is 2.83. The summed E-state index contributed by atoms with van der Waals surface area (Å²) in [6.45, 7) is 2.57. The highest BCUT2D eigenvalue weighted by Gasteiger charge is 2.17. The molecule has 0 saturated heterocycles. The molecule has 0 radical (unpaired) electrons. The Bertz CT molecular complexity index is 722. The Balaban J connectivity index is 2.27. The van der Waals surface area contributed by atoms with Crippen LogP contribution in [0.3, 0.4) is 0 Å². The zero-order valence-electron chi connectivity index (χ0n) is 11.2. The highest BCUT2D eigenvalue weighted by molar-refractivity contribution is 6.31. The lowest BCUT2D eigenvalue weighted by atomic mass is 10.1. The van der Waals surface area contributed by atoms with E-state index in [1.54, 1.807) is 16.9 Å². The number of para-hydroxylation sites is 1. The minimum atomic E-state index is -0.583. The van der Waals surface area contributed by atoms with Crippen LogP contribution in [0.15, 0.2) is 36.5 Å². The first kappa shape index (κ1) is 14.9. The van der Waals surface area contributed by atoms with E-state index in [0.29, 0.717) is 17.3 Å². The van der Waals surface area contributed by atoms with Crippen LogP contribution >= 0.6 is 11.6 Å². The quantitative estimate of drug-likeness (QED) is 0.367. The van der Waals surface area contributed by atoms with Crippen molar-refractivity contribution in [1.82, 2.24) is 9.78 Å². The fourth-order valence-corrected chi connectivity index (χ4v) is 1.99. The maximum absolute atomic E-state index is 12.1. The van der Waals surface area contributed by atoms with Crippen molar-refractivity contribution in [3.63, 3.8) is 0 Å². The molecule has 0 fully saturated rings. The van der Waals surface area contributed by atoms with E-state index in [-0.39, 0.29) is 11.3 Å². The molecule has 1 aromatic heterocycles. The second-order valence-electron chi connectivity index (χ2n) is 4.19. The van der Waals surface area contributed by atoms with Crippen molar-refractivity contribution in [2.75, 3.05) is 0 Å². The molecular weight excluding hydrogens is 294 g/mol. The number of aryl methyl sites for hydroxylation is 1. The van der Waals surface area contributed by atoms with E-state index >= 15 is 0 Å². The summed E-state index contributed by atoms with van der Waals surface area (Å²) in [5.41, 5.74) is 0.257. The van der Waals surface area contributed by atoms with Crippen LogP contribution in [0, 0.1) is 10.1 Å². The van der Waals surface area contributed by atoms with Crippen LogP contribution in [0.1, 0.15) is 23.0 Å². The van der Waals surface area contributed by atoms with Crippen molar-refractivity contribution >= 4 is 29.1 Å². The summed E-state index contributed by atoms with van der Waals surface area (Å²) in [7, 11) is 0. The van der Waals surface area contributed by atoms with Crippen molar-refractivity contribution < 1.29 is 9.72 Å². The molecule has 6 nitrogen and oxygen atoms in total. The van der Waals surface area contributed by atoms with Gasteiger partial charge >= 0.3 is 0 Å². The van der Waals surface area contributed by atoms with E-state index in [2.05, 4.69) is 5.10 Å². The number of benzene rings is 1. The summed E-state index contributed by atoms with van der Waals surface area (Å²) in [6.07, 6.45) is 4.33. The number of nitro benzene ring substituents is 1. The first-order chi connectivity index (χ1) is 10.0. The van der Waals surface area contributed by atoms with Crippen molar-refractivity contribution in [1.29, 1.82) is 0 Å². The third-order valence-corrected chi connectivity index (χ3v) is 3.12.